The molecule has 3 aromatic rings. The number of aryl methyl sites for hydroxylation is 1. The Morgan fingerprint density at radius 1 is 1.09 bits per heavy atom. The Kier molecular flexibility index (Phi) is 7.72. The SMILES string of the molecule is COC(=O)c1ccccc1Cn1nc(C)c(NC(=O)c2cccc(COCC(F)(F)F)c2)c1C. The first-order valence-electron chi connectivity index (χ1n) is 10.3. The number of hydrogen-bond donors (Lipinski definition) is 1. The van der Waals surface area contributed by atoms with E-state index in [1.807, 2.05) is 6.07 Å². The van der Waals surface area contributed by atoms with Crippen molar-refractivity contribution >= 4 is 17.6 Å². The summed E-state index contributed by atoms with van der Waals surface area (Å²) in [5.74, 6) is -0.886. The number of aromatic nitrogens is 2. The number of alkyl halides is 3. The lowest BCUT2D eigenvalue weighted by Crippen LogP contribution is -2.17. The molecule has 0 fully saturated rings. The van der Waals surface area contributed by atoms with Crippen molar-refractivity contribution in [3.63, 3.8) is 0 Å². The molecule has 2 aromatic carbocycles. The first-order chi connectivity index (χ1) is 16.1. The summed E-state index contributed by atoms with van der Waals surface area (Å²) in [7, 11) is 1.31. The maximum Gasteiger partial charge on any atom is 0.411 e. The predicted octanol–water partition coefficient (Wildman–Crippen LogP) is 4.67. The van der Waals surface area contributed by atoms with Gasteiger partial charge < -0.3 is 14.8 Å². The van der Waals surface area contributed by atoms with Crippen molar-refractivity contribution in [1.29, 1.82) is 0 Å². The third-order valence-corrected chi connectivity index (χ3v) is 5.09. The fourth-order valence-electron chi connectivity index (χ4n) is 3.43. The molecule has 0 atom stereocenters. The van der Waals surface area contributed by atoms with Crippen molar-refractivity contribution in [2.45, 2.75) is 33.2 Å². The molecule has 0 unspecified atom stereocenters. The maximum absolute atomic E-state index is 12.8. The number of nitrogens with zero attached hydrogens (tertiary/aromatic N) is 2. The fraction of sp³-hybridized carbons (Fsp3) is 0.292. The molecule has 0 aliphatic carbocycles. The van der Waals surface area contributed by atoms with Gasteiger partial charge in [0.05, 0.1) is 42.9 Å². The van der Waals surface area contributed by atoms with Gasteiger partial charge in [0.25, 0.3) is 5.91 Å². The molecule has 0 bridgehead atoms. The van der Waals surface area contributed by atoms with Crippen LogP contribution in [0.5, 0.6) is 0 Å². The number of amides is 1. The largest absolute Gasteiger partial charge is 0.465 e. The molecule has 1 N–H and O–H groups in total. The van der Waals surface area contributed by atoms with Gasteiger partial charge in [0.2, 0.25) is 0 Å². The van der Waals surface area contributed by atoms with E-state index in [9.17, 15) is 22.8 Å². The van der Waals surface area contributed by atoms with E-state index >= 15 is 0 Å². The van der Waals surface area contributed by atoms with E-state index in [0.29, 0.717) is 40.3 Å². The van der Waals surface area contributed by atoms with Gasteiger partial charge in [-0.2, -0.15) is 18.3 Å². The Bertz CT molecular complexity index is 1190. The lowest BCUT2D eigenvalue weighted by atomic mass is 10.1. The van der Waals surface area contributed by atoms with Crippen LogP contribution in [-0.2, 0) is 22.6 Å². The highest BCUT2D eigenvalue weighted by Gasteiger charge is 2.27. The zero-order valence-electron chi connectivity index (χ0n) is 18.9. The van der Waals surface area contributed by atoms with E-state index in [-0.39, 0.29) is 12.2 Å². The van der Waals surface area contributed by atoms with E-state index in [0.717, 1.165) is 0 Å². The number of rotatable bonds is 8. The Balaban J connectivity index is 1.75. The summed E-state index contributed by atoms with van der Waals surface area (Å²) in [4.78, 5) is 24.9. The molecule has 1 amide bonds. The van der Waals surface area contributed by atoms with Gasteiger partial charge in [0.1, 0.15) is 6.61 Å². The fourth-order valence-corrected chi connectivity index (χ4v) is 3.43. The van der Waals surface area contributed by atoms with Crippen LogP contribution in [0.3, 0.4) is 0 Å². The number of ether oxygens (including phenoxy) is 2. The lowest BCUT2D eigenvalue weighted by molar-refractivity contribution is -0.176. The number of anilines is 1. The Morgan fingerprint density at radius 3 is 2.53 bits per heavy atom. The Hall–Kier alpha value is -3.66. The van der Waals surface area contributed by atoms with E-state index in [4.69, 9.17) is 4.74 Å². The maximum atomic E-state index is 12.8. The summed E-state index contributed by atoms with van der Waals surface area (Å²) < 4.78 is 48.0. The van der Waals surface area contributed by atoms with E-state index in [1.165, 1.54) is 13.2 Å². The quantitative estimate of drug-likeness (QED) is 0.479. The number of methoxy groups -OCH3 is 1. The number of benzene rings is 2. The molecule has 1 heterocycles. The summed E-state index contributed by atoms with van der Waals surface area (Å²) in [5.41, 5.74) is 3.62. The minimum absolute atomic E-state index is 0.268. The van der Waals surface area contributed by atoms with Crippen LogP contribution in [0.15, 0.2) is 48.5 Å². The lowest BCUT2D eigenvalue weighted by Gasteiger charge is -2.11. The zero-order valence-corrected chi connectivity index (χ0v) is 18.9. The number of nitrogens with one attached hydrogen (secondary N) is 1. The van der Waals surface area contributed by atoms with Crippen LogP contribution in [0.25, 0.3) is 0 Å². The number of halogens is 3. The highest BCUT2D eigenvalue weighted by atomic mass is 19.4. The van der Waals surface area contributed by atoms with Crippen molar-refractivity contribution in [3.05, 3.63) is 82.2 Å². The van der Waals surface area contributed by atoms with Gasteiger partial charge in [-0.1, -0.05) is 30.3 Å². The van der Waals surface area contributed by atoms with Crippen LogP contribution in [0.2, 0.25) is 0 Å². The van der Waals surface area contributed by atoms with Gasteiger partial charge in [-0.25, -0.2) is 4.79 Å². The van der Waals surface area contributed by atoms with Crippen LogP contribution in [0, 0.1) is 13.8 Å². The molecular weight excluding hydrogens is 451 g/mol. The summed E-state index contributed by atoms with van der Waals surface area (Å²) in [6, 6.07) is 13.2. The molecule has 3 rings (SSSR count). The van der Waals surface area contributed by atoms with E-state index < -0.39 is 24.7 Å². The first-order valence-corrected chi connectivity index (χ1v) is 10.3. The molecule has 1 aromatic heterocycles. The van der Waals surface area contributed by atoms with Gasteiger partial charge in [-0.15, -0.1) is 0 Å². The summed E-state index contributed by atoms with van der Waals surface area (Å²) in [6.07, 6.45) is -4.42. The minimum Gasteiger partial charge on any atom is -0.465 e. The smallest absolute Gasteiger partial charge is 0.411 e. The monoisotopic (exact) mass is 475 g/mol. The van der Waals surface area contributed by atoms with Crippen molar-refractivity contribution in [3.8, 4) is 0 Å². The van der Waals surface area contributed by atoms with Crippen LogP contribution >= 0.6 is 0 Å². The molecule has 0 spiro atoms. The van der Waals surface area contributed by atoms with Gasteiger partial charge in [0, 0.05) is 5.56 Å². The van der Waals surface area contributed by atoms with Crippen LogP contribution in [0.1, 0.15) is 43.2 Å². The van der Waals surface area contributed by atoms with Gasteiger partial charge in [0.15, 0.2) is 0 Å². The van der Waals surface area contributed by atoms with Crippen LogP contribution in [-0.4, -0.2) is 41.5 Å². The second kappa shape index (κ2) is 10.5. The minimum atomic E-state index is -4.42. The van der Waals surface area contributed by atoms with Crippen LogP contribution < -0.4 is 5.32 Å². The summed E-state index contributed by atoms with van der Waals surface area (Å²) in [6.45, 7) is 2.20. The topological polar surface area (TPSA) is 82.5 Å². The third-order valence-electron chi connectivity index (χ3n) is 5.09. The highest BCUT2D eigenvalue weighted by molar-refractivity contribution is 6.05. The van der Waals surface area contributed by atoms with E-state index in [2.05, 4.69) is 15.2 Å². The van der Waals surface area contributed by atoms with Crippen molar-refractivity contribution in [1.82, 2.24) is 9.78 Å². The average Bonchev–Trinajstić information content (AvgIpc) is 3.05. The second-order valence-corrected chi connectivity index (χ2v) is 7.61. The van der Waals surface area contributed by atoms with Crippen molar-refractivity contribution in [2.75, 3.05) is 19.0 Å². The number of esters is 1. The predicted molar refractivity (Wildman–Crippen MR) is 119 cm³/mol. The normalized spacial score (nSPS) is 11.4. The number of carbonyl (C=O) groups excluding carboxylic acids is 2. The zero-order chi connectivity index (χ0) is 24.9. The molecule has 180 valence electrons. The molecule has 7 nitrogen and oxygen atoms in total. The molecular formula is C24H24F3N3O4. The van der Waals surface area contributed by atoms with E-state index in [1.54, 1.807) is 54.9 Å². The van der Waals surface area contributed by atoms with Crippen molar-refractivity contribution < 1.29 is 32.2 Å². The average molecular weight is 475 g/mol. The number of hydrogen-bond acceptors (Lipinski definition) is 5. The first kappa shape index (κ1) is 25.0. The summed E-state index contributed by atoms with van der Waals surface area (Å²) >= 11 is 0. The van der Waals surface area contributed by atoms with Gasteiger partial charge in [-0.05, 0) is 43.2 Å². The number of carbonyl (C=O) groups is 2. The molecule has 34 heavy (non-hydrogen) atoms. The summed E-state index contributed by atoms with van der Waals surface area (Å²) in [5, 5.41) is 7.31. The molecule has 0 saturated heterocycles. The Morgan fingerprint density at radius 2 is 1.82 bits per heavy atom. The van der Waals surface area contributed by atoms with Gasteiger partial charge >= 0.3 is 12.1 Å². The molecule has 0 aliphatic rings. The third kappa shape index (κ3) is 6.22. The van der Waals surface area contributed by atoms with Crippen molar-refractivity contribution in [2.24, 2.45) is 0 Å². The molecule has 0 saturated carbocycles. The Labute approximate surface area is 194 Å². The highest BCUT2D eigenvalue weighted by Crippen LogP contribution is 2.23. The standard InChI is InChI=1S/C24H24F3N3O4/c1-15-21(16(2)30(29-15)12-19-8-4-5-10-20(19)23(32)33-3)28-22(31)18-9-6-7-17(11-18)13-34-14-24(25,26)27/h4-11H,12-14H2,1-3H3,(H,28,31). The second-order valence-electron chi connectivity index (χ2n) is 7.61. The molecule has 0 radical (unpaired) electrons. The molecule has 10 heteroatoms. The van der Waals surface area contributed by atoms with Crippen LogP contribution in [0.4, 0.5) is 18.9 Å². The van der Waals surface area contributed by atoms with Gasteiger partial charge in [-0.3, -0.25) is 9.48 Å². The molecule has 0 aliphatic heterocycles.